The molecule has 0 atom stereocenters. The van der Waals surface area contributed by atoms with Gasteiger partial charge in [-0.05, 0) is 37.1 Å². The van der Waals surface area contributed by atoms with E-state index in [1.165, 1.54) is 22.5 Å². The predicted molar refractivity (Wildman–Crippen MR) is 73.3 cm³/mol. The van der Waals surface area contributed by atoms with Crippen molar-refractivity contribution in [3.05, 3.63) is 35.2 Å². The lowest BCUT2D eigenvalue weighted by molar-refractivity contribution is 0.292. The van der Waals surface area contributed by atoms with Gasteiger partial charge in [0.1, 0.15) is 12.4 Å². The van der Waals surface area contributed by atoms with Gasteiger partial charge >= 0.3 is 0 Å². The van der Waals surface area contributed by atoms with E-state index >= 15 is 0 Å². The van der Waals surface area contributed by atoms with Gasteiger partial charge in [-0.1, -0.05) is 17.4 Å². The fraction of sp³-hybridized carbons (Fsp3) is 0.250. The number of benzene rings is 1. The molecule has 1 aromatic carbocycles. The summed E-state index contributed by atoms with van der Waals surface area (Å²) < 4.78 is 7.34. The van der Waals surface area contributed by atoms with Gasteiger partial charge in [0.25, 0.3) is 0 Å². The smallest absolute Gasteiger partial charge is 0.236 e. The molecule has 0 saturated carbocycles. The average molecular weight is 275 g/mol. The van der Waals surface area contributed by atoms with Crippen LogP contribution in [0.15, 0.2) is 18.2 Å². The standard InChI is InChI=1S/C12H13N5OS/c1-7-3-8(2)5-9(4-7)18-6-10-14-15-12-17(10)16-11(13)19-12/h3-5H,6H2,1-2H3,(H2,13,16). The molecule has 0 aliphatic carbocycles. The van der Waals surface area contributed by atoms with E-state index in [0.29, 0.717) is 22.5 Å². The van der Waals surface area contributed by atoms with Crippen LogP contribution in [0.1, 0.15) is 17.0 Å². The zero-order chi connectivity index (χ0) is 13.4. The topological polar surface area (TPSA) is 78.3 Å². The first-order valence-electron chi connectivity index (χ1n) is 5.79. The number of nitrogen functional groups attached to an aromatic ring is 1. The number of anilines is 1. The second kappa shape index (κ2) is 4.51. The van der Waals surface area contributed by atoms with Crippen molar-refractivity contribution < 1.29 is 4.74 Å². The average Bonchev–Trinajstić information content (AvgIpc) is 2.84. The Labute approximate surface area is 113 Å². The molecule has 3 rings (SSSR count). The van der Waals surface area contributed by atoms with E-state index in [1.54, 1.807) is 4.52 Å². The van der Waals surface area contributed by atoms with Crippen LogP contribution in [0.3, 0.4) is 0 Å². The Morgan fingerprint density at radius 2 is 1.95 bits per heavy atom. The van der Waals surface area contributed by atoms with Gasteiger partial charge in [-0.25, -0.2) is 0 Å². The maximum Gasteiger partial charge on any atom is 0.236 e. The molecule has 0 saturated heterocycles. The number of aromatic nitrogens is 4. The molecule has 0 spiro atoms. The summed E-state index contributed by atoms with van der Waals surface area (Å²) in [5.41, 5.74) is 7.96. The first-order valence-corrected chi connectivity index (χ1v) is 6.61. The van der Waals surface area contributed by atoms with E-state index in [9.17, 15) is 0 Å². The summed E-state index contributed by atoms with van der Waals surface area (Å²) in [7, 11) is 0. The Kier molecular flexibility index (Phi) is 2.83. The number of nitrogens with zero attached hydrogens (tertiary/aromatic N) is 4. The molecule has 0 aliphatic rings. The molecule has 0 radical (unpaired) electrons. The highest BCUT2D eigenvalue weighted by atomic mass is 32.1. The maximum atomic E-state index is 5.73. The Balaban J connectivity index is 1.81. The van der Waals surface area contributed by atoms with E-state index in [-0.39, 0.29) is 0 Å². The monoisotopic (exact) mass is 275 g/mol. The number of aryl methyl sites for hydroxylation is 2. The first-order chi connectivity index (χ1) is 9.11. The molecule has 0 aliphatic heterocycles. The third-order valence-corrected chi connectivity index (χ3v) is 3.36. The molecule has 2 N–H and O–H groups in total. The third-order valence-electron chi connectivity index (χ3n) is 2.63. The van der Waals surface area contributed by atoms with Gasteiger partial charge in [-0.3, -0.25) is 0 Å². The van der Waals surface area contributed by atoms with Crippen molar-refractivity contribution in [2.24, 2.45) is 0 Å². The van der Waals surface area contributed by atoms with Crippen LogP contribution in [0.25, 0.3) is 4.96 Å². The Hall–Kier alpha value is -2.15. The molecule has 0 unspecified atom stereocenters. The number of fused-ring (bicyclic) bond motifs is 1. The van der Waals surface area contributed by atoms with Gasteiger partial charge in [-0.2, -0.15) is 4.52 Å². The van der Waals surface area contributed by atoms with Gasteiger partial charge in [0, 0.05) is 0 Å². The molecular weight excluding hydrogens is 262 g/mol. The Bertz CT molecular complexity index is 713. The van der Waals surface area contributed by atoms with Crippen LogP contribution in [0.5, 0.6) is 5.75 Å². The largest absolute Gasteiger partial charge is 0.486 e. The summed E-state index contributed by atoms with van der Waals surface area (Å²) >= 11 is 1.30. The minimum absolute atomic E-state index is 0.313. The highest BCUT2D eigenvalue weighted by molar-refractivity contribution is 7.20. The molecule has 19 heavy (non-hydrogen) atoms. The van der Waals surface area contributed by atoms with E-state index in [2.05, 4.69) is 21.4 Å². The maximum absolute atomic E-state index is 5.73. The lowest BCUT2D eigenvalue weighted by Gasteiger charge is -2.06. The van der Waals surface area contributed by atoms with Crippen molar-refractivity contribution in [3.8, 4) is 5.75 Å². The van der Waals surface area contributed by atoms with Gasteiger partial charge in [0.15, 0.2) is 5.82 Å². The summed E-state index contributed by atoms with van der Waals surface area (Å²) in [4.78, 5) is 0.677. The lowest BCUT2D eigenvalue weighted by atomic mass is 10.1. The van der Waals surface area contributed by atoms with Gasteiger partial charge in [0.2, 0.25) is 10.1 Å². The van der Waals surface area contributed by atoms with Crippen LogP contribution in [-0.2, 0) is 6.61 Å². The summed E-state index contributed by atoms with van der Waals surface area (Å²) in [5, 5.41) is 12.6. The Morgan fingerprint density at radius 1 is 1.21 bits per heavy atom. The first kappa shape index (κ1) is 11.9. The van der Waals surface area contributed by atoms with Crippen LogP contribution in [-0.4, -0.2) is 19.8 Å². The fourth-order valence-corrected chi connectivity index (χ4v) is 2.55. The molecule has 2 heterocycles. The SMILES string of the molecule is Cc1cc(C)cc(OCc2nnc3sc(N)nn23)c1. The van der Waals surface area contributed by atoms with Crippen molar-refractivity contribution in [1.29, 1.82) is 0 Å². The molecule has 2 aromatic heterocycles. The summed E-state index contributed by atoms with van der Waals surface area (Å²) in [6.45, 7) is 4.39. The van der Waals surface area contributed by atoms with Crippen molar-refractivity contribution in [1.82, 2.24) is 19.8 Å². The quantitative estimate of drug-likeness (QED) is 0.790. The molecule has 0 bridgehead atoms. The van der Waals surface area contributed by atoms with E-state index in [4.69, 9.17) is 10.5 Å². The third kappa shape index (κ3) is 2.37. The molecule has 6 nitrogen and oxygen atoms in total. The molecule has 0 fully saturated rings. The number of hydrogen-bond acceptors (Lipinski definition) is 6. The predicted octanol–water partition coefficient (Wildman–Crippen LogP) is 1.96. The molecule has 98 valence electrons. The van der Waals surface area contributed by atoms with Gasteiger partial charge in [0.05, 0.1) is 0 Å². The molecule has 0 amide bonds. The van der Waals surface area contributed by atoms with Crippen molar-refractivity contribution >= 4 is 21.4 Å². The summed E-state index contributed by atoms with van der Waals surface area (Å²) in [6, 6.07) is 6.07. The highest BCUT2D eigenvalue weighted by Crippen LogP contribution is 2.19. The van der Waals surface area contributed by atoms with E-state index < -0.39 is 0 Å². The Morgan fingerprint density at radius 3 is 2.68 bits per heavy atom. The van der Waals surface area contributed by atoms with Crippen molar-refractivity contribution in [2.75, 3.05) is 5.73 Å². The molecule has 3 aromatic rings. The number of ether oxygens (including phenoxy) is 1. The fourth-order valence-electron chi connectivity index (χ4n) is 1.93. The highest BCUT2D eigenvalue weighted by Gasteiger charge is 2.10. The minimum Gasteiger partial charge on any atom is -0.486 e. The zero-order valence-corrected chi connectivity index (χ0v) is 11.4. The number of hydrogen-bond donors (Lipinski definition) is 1. The molecule has 7 heteroatoms. The van der Waals surface area contributed by atoms with Crippen LogP contribution >= 0.6 is 11.3 Å². The molecular formula is C12H13N5OS. The van der Waals surface area contributed by atoms with Crippen LogP contribution < -0.4 is 10.5 Å². The number of rotatable bonds is 3. The van der Waals surface area contributed by atoms with Gasteiger partial charge in [-0.15, -0.1) is 15.3 Å². The number of nitrogens with two attached hydrogens (primary N) is 1. The van der Waals surface area contributed by atoms with Gasteiger partial charge < -0.3 is 10.5 Å². The lowest BCUT2D eigenvalue weighted by Crippen LogP contribution is -2.03. The van der Waals surface area contributed by atoms with Crippen molar-refractivity contribution in [3.63, 3.8) is 0 Å². The normalized spacial score (nSPS) is 11.1. The minimum atomic E-state index is 0.313. The van der Waals surface area contributed by atoms with E-state index in [0.717, 1.165) is 5.75 Å². The van der Waals surface area contributed by atoms with Crippen LogP contribution in [0, 0.1) is 13.8 Å². The van der Waals surface area contributed by atoms with E-state index in [1.807, 2.05) is 26.0 Å². The summed E-state index contributed by atoms with van der Waals surface area (Å²) in [6.07, 6.45) is 0. The van der Waals surface area contributed by atoms with Crippen LogP contribution in [0.4, 0.5) is 5.13 Å². The van der Waals surface area contributed by atoms with Crippen molar-refractivity contribution in [2.45, 2.75) is 20.5 Å². The second-order valence-corrected chi connectivity index (χ2v) is 5.35. The zero-order valence-electron chi connectivity index (χ0n) is 10.6. The second-order valence-electron chi connectivity index (χ2n) is 4.36. The summed E-state index contributed by atoms with van der Waals surface area (Å²) in [5.74, 6) is 1.46. The van der Waals surface area contributed by atoms with Crippen LogP contribution in [0.2, 0.25) is 0 Å².